The SMILES string of the molecule is CNC(=O)N(C)c1ccccc1OC. The second-order valence-electron chi connectivity index (χ2n) is 2.79. The number of para-hydroxylation sites is 2. The topological polar surface area (TPSA) is 41.6 Å². The first kappa shape index (κ1) is 10.4. The minimum atomic E-state index is -0.172. The number of hydrogen-bond donors (Lipinski definition) is 1. The number of methoxy groups -OCH3 is 1. The summed E-state index contributed by atoms with van der Waals surface area (Å²) in [6.45, 7) is 0. The lowest BCUT2D eigenvalue weighted by molar-refractivity contribution is 0.249. The summed E-state index contributed by atoms with van der Waals surface area (Å²) in [5.74, 6) is 0.679. The number of urea groups is 1. The Labute approximate surface area is 83.5 Å². The van der Waals surface area contributed by atoms with Crippen molar-refractivity contribution in [2.45, 2.75) is 0 Å². The number of nitrogens with one attached hydrogen (secondary N) is 1. The maximum Gasteiger partial charge on any atom is 0.321 e. The summed E-state index contributed by atoms with van der Waals surface area (Å²) in [5, 5.41) is 2.55. The van der Waals surface area contributed by atoms with E-state index in [1.54, 1.807) is 21.2 Å². The highest BCUT2D eigenvalue weighted by Crippen LogP contribution is 2.26. The van der Waals surface area contributed by atoms with Crippen molar-refractivity contribution in [1.82, 2.24) is 5.32 Å². The standard InChI is InChI=1S/C10H14N2O2/c1-11-10(13)12(2)8-6-4-5-7-9(8)14-3/h4-7H,1-3H3,(H,11,13). The van der Waals surface area contributed by atoms with Crippen LogP contribution in [0.25, 0.3) is 0 Å². The summed E-state index contributed by atoms with van der Waals surface area (Å²) < 4.78 is 5.14. The normalized spacial score (nSPS) is 9.36. The predicted molar refractivity (Wildman–Crippen MR) is 55.9 cm³/mol. The molecule has 0 aliphatic carbocycles. The van der Waals surface area contributed by atoms with E-state index >= 15 is 0 Å². The Bertz CT molecular complexity index is 326. The fraction of sp³-hybridized carbons (Fsp3) is 0.300. The zero-order valence-corrected chi connectivity index (χ0v) is 8.57. The van der Waals surface area contributed by atoms with Gasteiger partial charge in [0.15, 0.2) is 0 Å². The van der Waals surface area contributed by atoms with Gasteiger partial charge in [-0.15, -0.1) is 0 Å². The summed E-state index contributed by atoms with van der Waals surface area (Å²) in [6.07, 6.45) is 0. The molecular weight excluding hydrogens is 180 g/mol. The van der Waals surface area contributed by atoms with Crippen LogP contribution < -0.4 is 15.0 Å². The van der Waals surface area contributed by atoms with Crippen molar-refractivity contribution >= 4 is 11.7 Å². The number of benzene rings is 1. The second kappa shape index (κ2) is 4.50. The van der Waals surface area contributed by atoms with E-state index in [0.29, 0.717) is 5.75 Å². The molecule has 2 amide bonds. The first-order valence-corrected chi connectivity index (χ1v) is 4.29. The Morgan fingerprint density at radius 1 is 1.43 bits per heavy atom. The number of nitrogens with zero attached hydrogens (tertiary/aromatic N) is 1. The number of amides is 2. The van der Waals surface area contributed by atoms with E-state index in [0.717, 1.165) is 5.69 Å². The Hall–Kier alpha value is -1.71. The minimum Gasteiger partial charge on any atom is -0.495 e. The van der Waals surface area contributed by atoms with Crippen LogP contribution in [0.1, 0.15) is 0 Å². The van der Waals surface area contributed by atoms with Crippen LogP contribution in [0.15, 0.2) is 24.3 Å². The van der Waals surface area contributed by atoms with Gasteiger partial charge in [-0.05, 0) is 12.1 Å². The third-order valence-corrected chi connectivity index (χ3v) is 1.97. The molecule has 0 spiro atoms. The predicted octanol–water partition coefficient (Wildman–Crippen LogP) is 1.47. The summed E-state index contributed by atoms with van der Waals surface area (Å²) in [4.78, 5) is 12.8. The zero-order valence-electron chi connectivity index (χ0n) is 8.57. The molecule has 0 bridgehead atoms. The molecule has 0 saturated heterocycles. The van der Waals surface area contributed by atoms with E-state index in [-0.39, 0.29) is 6.03 Å². The molecule has 14 heavy (non-hydrogen) atoms. The Morgan fingerprint density at radius 2 is 2.07 bits per heavy atom. The van der Waals surface area contributed by atoms with Crippen molar-refractivity contribution in [3.63, 3.8) is 0 Å². The van der Waals surface area contributed by atoms with E-state index in [1.165, 1.54) is 4.90 Å². The first-order valence-electron chi connectivity index (χ1n) is 4.29. The second-order valence-corrected chi connectivity index (χ2v) is 2.79. The van der Waals surface area contributed by atoms with Crippen molar-refractivity contribution in [3.8, 4) is 5.75 Å². The highest BCUT2D eigenvalue weighted by Gasteiger charge is 2.12. The first-order chi connectivity index (χ1) is 6.70. The molecule has 1 rings (SSSR count). The van der Waals surface area contributed by atoms with Gasteiger partial charge < -0.3 is 10.1 Å². The molecule has 0 aromatic heterocycles. The fourth-order valence-corrected chi connectivity index (χ4v) is 1.18. The highest BCUT2D eigenvalue weighted by molar-refractivity contribution is 5.92. The van der Waals surface area contributed by atoms with Gasteiger partial charge in [0.05, 0.1) is 12.8 Å². The van der Waals surface area contributed by atoms with E-state index in [9.17, 15) is 4.79 Å². The van der Waals surface area contributed by atoms with E-state index in [1.807, 2.05) is 24.3 Å². The van der Waals surface area contributed by atoms with Crippen LogP contribution in [-0.2, 0) is 0 Å². The zero-order chi connectivity index (χ0) is 10.6. The quantitative estimate of drug-likeness (QED) is 0.774. The molecule has 0 radical (unpaired) electrons. The van der Waals surface area contributed by atoms with E-state index < -0.39 is 0 Å². The lowest BCUT2D eigenvalue weighted by Crippen LogP contribution is -2.34. The molecule has 1 N–H and O–H groups in total. The van der Waals surface area contributed by atoms with Crippen LogP contribution in [0.2, 0.25) is 0 Å². The number of anilines is 1. The molecule has 0 saturated carbocycles. The van der Waals surface area contributed by atoms with Gasteiger partial charge in [-0.3, -0.25) is 4.90 Å². The van der Waals surface area contributed by atoms with Crippen molar-refractivity contribution < 1.29 is 9.53 Å². The van der Waals surface area contributed by atoms with Crippen LogP contribution in [0.5, 0.6) is 5.75 Å². The average Bonchev–Trinajstić information content (AvgIpc) is 2.26. The van der Waals surface area contributed by atoms with Crippen LogP contribution in [0.3, 0.4) is 0 Å². The summed E-state index contributed by atoms with van der Waals surface area (Å²) in [7, 11) is 4.86. The van der Waals surface area contributed by atoms with Crippen molar-refractivity contribution in [2.75, 3.05) is 26.1 Å². The molecular formula is C10H14N2O2. The molecule has 0 aliphatic rings. The molecule has 0 aliphatic heterocycles. The van der Waals surface area contributed by atoms with Gasteiger partial charge in [0.25, 0.3) is 0 Å². The average molecular weight is 194 g/mol. The lowest BCUT2D eigenvalue weighted by Gasteiger charge is -2.18. The third-order valence-electron chi connectivity index (χ3n) is 1.97. The molecule has 4 nitrogen and oxygen atoms in total. The van der Waals surface area contributed by atoms with Gasteiger partial charge in [-0.25, -0.2) is 4.79 Å². The van der Waals surface area contributed by atoms with Crippen molar-refractivity contribution in [2.24, 2.45) is 0 Å². The number of carbonyl (C=O) groups is 1. The summed E-state index contributed by atoms with van der Waals surface area (Å²) in [5.41, 5.74) is 0.745. The van der Waals surface area contributed by atoms with Gasteiger partial charge in [-0.2, -0.15) is 0 Å². The summed E-state index contributed by atoms with van der Waals surface area (Å²) >= 11 is 0. The van der Waals surface area contributed by atoms with Crippen LogP contribution in [-0.4, -0.2) is 27.2 Å². The fourth-order valence-electron chi connectivity index (χ4n) is 1.18. The monoisotopic (exact) mass is 194 g/mol. The molecule has 76 valence electrons. The Kier molecular flexibility index (Phi) is 3.34. The van der Waals surface area contributed by atoms with Crippen molar-refractivity contribution in [3.05, 3.63) is 24.3 Å². The molecule has 1 aromatic rings. The minimum absolute atomic E-state index is 0.172. The van der Waals surface area contributed by atoms with Gasteiger partial charge in [-0.1, -0.05) is 12.1 Å². The Balaban J connectivity index is 2.99. The van der Waals surface area contributed by atoms with Gasteiger partial charge in [0, 0.05) is 14.1 Å². The third kappa shape index (κ3) is 1.96. The van der Waals surface area contributed by atoms with Crippen LogP contribution in [0, 0.1) is 0 Å². The number of hydrogen-bond acceptors (Lipinski definition) is 2. The van der Waals surface area contributed by atoms with Gasteiger partial charge >= 0.3 is 6.03 Å². The Morgan fingerprint density at radius 3 is 2.64 bits per heavy atom. The van der Waals surface area contributed by atoms with Crippen LogP contribution in [0.4, 0.5) is 10.5 Å². The smallest absolute Gasteiger partial charge is 0.321 e. The number of ether oxygens (including phenoxy) is 1. The van der Waals surface area contributed by atoms with Crippen LogP contribution >= 0.6 is 0 Å². The molecule has 0 heterocycles. The molecule has 0 fully saturated rings. The van der Waals surface area contributed by atoms with Gasteiger partial charge in [0.2, 0.25) is 0 Å². The maximum atomic E-state index is 11.3. The number of rotatable bonds is 2. The van der Waals surface area contributed by atoms with Crippen molar-refractivity contribution in [1.29, 1.82) is 0 Å². The molecule has 1 aromatic carbocycles. The molecule has 0 atom stereocenters. The van der Waals surface area contributed by atoms with Gasteiger partial charge in [0.1, 0.15) is 5.75 Å². The summed E-state index contributed by atoms with van der Waals surface area (Å²) in [6, 6.07) is 7.19. The largest absolute Gasteiger partial charge is 0.495 e. The maximum absolute atomic E-state index is 11.3. The van der Waals surface area contributed by atoms with E-state index in [4.69, 9.17) is 4.74 Å². The number of carbonyl (C=O) groups excluding carboxylic acids is 1. The van der Waals surface area contributed by atoms with E-state index in [2.05, 4.69) is 5.32 Å². The highest BCUT2D eigenvalue weighted by atomic mass is 16.5. The lowest BCUT2D eigenvalue weighted by atomic mass is 10.3. The molecule has 0 unspecified atom stereocenters. The molecule has 4 heteroatoms.